The summed E-state index contributed by atoms with van der Waals surface area (Å²) in [5, 5.41) is 12.6. The molecule has 1 aliphatic rings. The molecule has 0 aliphatic carbocycles. The van der Waals surface area contributed by atoms with Crippen molar-refractivity contribution in [2.75, 3.05) is 25.6 Å². The number of nitrogens with one attached hydrogen (secondary N) is 1. The summed E-state index contributed by atoms with van der Waals surface area (Å²) < 4.78 is 5.17. The van der Waals surface area contributed by atoms with E-state index in [9.17, 15) is 4.79 Å². The zero-order chi connectivity index (χ0) is 18.5. The Labute approximate surface area is 162 Å². The van der Waals surface area contributed by atoms with Gasteiger partial charge in [0.2, 0.25) is 0 Å². The van der Waals surface area contributed by atoms with Crippen LogP contribution in [0.2, 0.25) is 5.02 Å². The van der Waals surface area contributed by atoms with Gasteiger partial charge in [-0.05, 0) is 54.5 Å². The number of nitrogens with zero attached hydrogens (tertiary/aromatic N) is 2. The van der Waals surface area contributed by atoms with E-state index in [2.05, 4.69) is 10.4 Å². The Morgan fingerprint density at radius 2 is 2.19 bits per heavy atom. The number of methoxy groups -OCH3 is 1. The van der Waals surface area contributed by atoms with Crippen molar-refractivity contribution in [3.05, 3.63) is 51.9 Å². The van der Waals surface area contributed by atoms with Crippen molar-refractivity contribution in [2.24, 2.45) is 11.0 Å². The summed E-state index contributed by atoms with van der Waals surface area (Å²) in [6.45, 7) is 3.27. The minimum atomic E-state index is -0.201. The largest absolute Gasteiger partial charge is 0.385 e. The maximum absolute atomic E-state index is 12.6. The number of benzene rings is 1. The molecule has 0 saturated heterocycles. The molecule has 1 aliphatic heterocycles. The van der Waals surface area contributed by atoms with Gasteiger partial charge in [0.05, 0.1) is 17.3 Å². The maximum atomic E-state index is 12.6. The number of ether oxygens (including phenoxy) is 1. The van der Waals surface area contributed by atoms with Gasteiger partial charge in [0.25, 0.3) is 0 Å². The van der Waals surface area contributed by atoms with Crippen LogP contribution >= 0.6 is 22.9 Å². The first-order valence-electron chi connectivity index (χ1n) is 8.54. The van der Waals surface area contributed by atoms with Gasteiger partial charge in [-0.3, -0.25) is 5.32 Å². The number of carbonyl (C=O) groups is 1. The van der Waals surface area contributed by atoms with Crippen LogP contribution in [-0.4, -0.2) is 37.0 Å². The van der Waals surface area contributed by atoms with E-state index in [1.807, 2.05) is 42.6 Å². The van der Waals surface area contributed by atoms with Gasteiger partial charge >= 0.3 is 6.03 Å². The topological polar surface area (TPSA) is 53.9 Å². The quantitative estimate of drug-likeness (QED) is 0.704. The predicted molar refractivity (Wildman–Crippen MR) is 107 cm³/mol. The Hall–Kier alpha value is -1.89. The van der Waals surface area contributed by atoms with E-state index in [1.54, 1.807) is 7.11 Å². The average Bonchev–Trinajstić information content (AvgIpc) is 3.22. The van der Waals surface area contributed by atoms with E-state index in [-0.39, 0.29) is 11.9 Å². The van der Waals surface area contributed by atoms with Gasteiger partial charge in [0, 0.05) is 24.7 Å². The van der Waals surface area contributed by atoms with Crippen molar-refractivity contribution in [3.8, 4) is 0 Å². The molecule has 0 saturated carbocycles. The lowest BCUT2D eigenvalue weighted by atomic mass is 9.93. The predicted octanol–water partition coefficient (Wildman–Crippen LogP) is 5.00. The fourth-order valence-corrected chi connectivity index (χ4v) is 3.87. The number of urea groups is 1. The Morgan fingerprint density at radius 3 is 2.85 bits per heavy atom. The Morgan fingerprint density at radius 1 is 1.42 bits per heavy atom. The minimum absolute atomic E-state index is 0.183. The molecule has 2 aromatic rings. The molecule has 0 spiro atoms. The molecule has 0 bridgehead atoms. The first kappa shape index (κ1) is 18.9. The summed E-state index contributed by atoms with van der Waals surface area (Å²) in [5.74, 6) is 0.183. The number of halogens is 1. The van der Waals surface area contributed by atoms with Gasteiger partial charge in [-0.25, -0.2) is 9.80 Å². The summed E-state index contributed by atoms with van der Waals surface area (Å²) in [7, 11) is 1.70. The summed E-state index contributed by atoms with van der Waals surface area (Å²) in [6, 6.07) is 9.36. The smallest absolute Gasteiger partial charge is 0.342 e. The van der Waals surface area contributed by atoms with E-state index in [4.69, 9.17) is 16.3 Å². The molecule has 3 rings (SSSR count). The van der Waals surface area contributed by atoms with E-state index in [0.717, 1.165) is 34.7 Å². The lowest BCUT2D eigenvalue weighted by molar-refractivity contribution is 0.187. The maximum Gasteiger partial charge on any atom is 0.342 e. The number of hydrazone groups is 1. The van der Waals surface area contributed by atoms with E-state index in [0.29, 0.717) is 18.2 Å². The molecule has 1 aromatic carbocycles. The molecule has 138 valence electrons. The first-order valence-corrected chi connectivity index (χ1v) is 9.79. The van der Waals surface area contributed by atoms with Gasteiger partial charge in [-0.15, -0.1) is 11.3 Å². The lowest BCUT2D eigenvalue weighted by Crippen LogP contribution is -2.30. The van der Waals surface area contributed by atoms with Gasteiger partial charge in [0.15, 0.2) is 0 Å². The van der Waals surface area contributed by atoms with Crippen LogP contribution in [0.25, 0.3) is 0 Å². The zero-order valence-electron chi connectivity index (χ0n) is 14.9. The third kappa shape index (κ3) is 4.63. The highest BCUT2D eigenvalue weighted by Gasteiger charge is 2.31. The molecular weight excluding hydrogens is 370 g/mol. The van der Waals surface area contributed by atoms with Crippen LogP contribution in [0.15, 0.2) is 40.8 Å². The van der Waals surface area contributed by atoms with E-state index >= 15 is 0 Å². The standard InChI is InChI=1S/C19H22ClN3O2S/c1-13-10-17(26-12-13)21-19(24)23-11-15(4-3-9-25-2)18(22-23)14-5-7-16(20)8-6-14/h5-8,10,12,15H,3-4,9,11H2,1-2H3,(H,21,24). The van der Waals surface area contributed by atoms with Crippen LogP contribution in [0.1, 0.15) is 24.0 Å². The number of anilines is 1. The summed E-state index contributed by atoms with van der Waals surface area (Å²) in [4.78, 5) is 12.6. The number of hydrogen-bond acceptors (Lipinski definition) is 4. The van der Waals surface area contributed by atoms with Crippen molar-refractivity contribution in [2.45, 2.75) is 19.8 Å². The lowest BCUT2D eigenvalue weighted by Gasteiger charge is -2.15. The molecule has 2 amide bonds. The Bertz CT molecular complexity index is 788. The van der Waals surface area contributed by atoms with E-state index in [1.165, 1.54) is 16.3 Å². The summed E-state index contributed by atoms with van der Waals surface area (Å²) in [6.07, 6.45) is 1.84. The number of amides is 2. The summed E-state index contributed by atoms with van der Waals surface area (Å²) >= 11 is 7.51. The molecule has 1 aromatic heterocycles. The van der Waals surface area contributed by atoms with Crippen molar-refractivity contribution in [1.29, 1.82) is 0 Å². The van der Waals surface area contributed by atoms with Crippen LogP contribution in [0.5, 0.6) is 0 Å². The molecule has 0 radical (unpaired) electrons. The highest BCUT2D eigenvalue weighted by molar-refractivity contribution is 7.14. The molecule has 1 atom stereocenters. The van der Waals surface area contributed by atoms with Crippen molar-refractivity contribution < 1.29 is 9.53 Å². The molecular formula is C19H22ClN3O2S. The number of rotatable bonds is 6. The number of thiophene rings is 1. The van der Waals surface area contributed by atoms with Crippen LogP contribution in [0.3, 0.4) is 0 Å². The molecule has 0 fully saturated rings. The third-order valence-electron chi connectivity index (χ3n) is 4.24. The molecule has 1 unspecified atom stereocenters. The van der Waals surface area contributed by atoms with Gasteiger partial charge in [-0.1, -0.05) is 23.7 Å². The Kier molecular flexibility index (Phi) is 6.29. The first-order chi connectivity index (χ1) is 12.6. The molecule has 2 heterocycles. The van der Waals surface area contributed by atoms with Crippen LogP contribution in [0, 0.1) is 12.8 Å². The second kappa shape index (κ2) is 8.66. The molecule has 7 heteroatoms. The highest BCUT2D eigenvalue weighted by Crippen LogP contribution is 2.26. The monoisotopic (exact) mass is 391 g/mol. The van der Waals surface area contributed by atoms with E-state index < -0.39 is 0 Å². The second-order valence-electron chi connectivity index (χ2n) is 6.32. The molecule has 5 nitrogen and oxygen atoms in total. The fraction of sp³-hybridized carbons (Fsp3) is 0.368. The second-order valence-corrected chi connectivity index (χ2v) is 7.67. The Balaban J connectivity index is 1.76. The van der Waals surface area contributed by atoms with Crippen LogP contribution in [0.4, 0.5) is 9.80 Å². The SMILES string of the molecule is COCCCC1CN(C(=O)Nc2cc(C)cs2)N=C1c1ccc(Cl)cc1. The van der Waals surface area contributed by atoms with Crippen molar-refractivity contribution in [1.82, 2.24) is 5.01 Å². The fourth-order valence-electron chi connectivity index (χ4n) is 2.96. The van der Waals surface area contributed by atoms with Gasteiger partial charge < -0.3 is 4.74 Å². The average molecular weight is 392 g/mol. The molecule has 26 heavy (non-hydrogen) atoms. The minimum Gasteiger partial charge on any atom is -0.385 e. The van der Waals surface area contributed by atoms with Gasteiger partial charge in [0.1, 0.15) is 0 Å². The third-order valence-corrected chi connectivity index (χ3v) is 5.46. The summed E-state index contributed by atoms with van der Waals surface area (Å²) in [5.41, 5.74) is 3.06. The number of hydrogen-bond donors (Lipinski definition) is 1. The van der Waals surface area contributed by atoms with Crippen LogP contribution < -0.4 is 5.32 Å². The zero-order valence-corrected chi connectivity index (χ0v) is 16.4. The van der Waals surface area contributed by atoms with Crippen molar-refractivity contribution >= 4 is 39.7 Å². The normalized spacial score (nSPS) is 16.7. The molecule has 1 N–H and O–H groups in total. The van der Waals surface area contributed by atoms with Gasteiger partial charge in [-0.2, -0.15) is 5.10 Å². The van der Waals surface area contributed by atoms with Crippen LogP contribution in [-0.2, 0) is 4.74 Å². The number of carbonyl (C=O) groups excluding carboxylic acids is 1. The van der Waals surface area contributed by atoms with Crippen molar-refractivity contribution in [3.63, 3.8) is 0 Å². The highest BCUT2D eigenvalue weighted by atomic mass is 35.5. The number of aryl methyl sites for hydroxylation is 1.